The molecule has 1 heterocycles. The summed E-state index contributed by atoms with van der Waals surface area (Å²) in [5.41, 5.74) is 6.74. The minimum atomic E-state index is 0.164. The molecule has 3 N–H and O–H groups in total. The van der Waals surface area contributed by atoms with E-state index in [-0.39, 0.29) is 6.04 Å². The van der Waals surface area contributed by atoms with Gasteiger partial charge in [0.15, 0.2) is 0 Å². The minimum Gasteiger partial charge on any atom is -0.338 e. The van der Waals surface area contributed by atoms with Gasteiger partial charge in [-0.15, -0.1) is 0 Å². The first-order valence-electron chi connectivity index (χ1n) is 6.61. The predicted molar refractivity (Wildman–Crippen MR) is 77.5 cm³/mol. The van der Waals surface area contributed by atoms with Gasteiger partial charge in [-0.2, -0.15) is 0 Å². The zero-order valence-electron chi connectivity index (χ0n) is 11.9. The highest BCUT2D eigenvalue weighted by atomic mass is 15.2. The van der Waals surface area contributed by atoms with Gasteiger partial charge in [-0.3, -0.25) is 11.3 Å². The van der Waals surface area contributed by atoms with E-state index >= 15 is 0 Å². The van der Waals surface area contributed by atoms with Crippen LogP contribution in [0.1, 0.15) is 35.0 Å². The number of hydrogen-bond donors (Lipinski definition) is 2. The summed E-state index contributed by atoms with van der Waals surface area (Å²) < 4.78 is 2.05. The fourth-order valence-corrected chi connectivity index (χ4v) is 2.37. The van der Waals surface area contributed by atoms with E-state index < -0.39 is 0 Å². The number of aromatic nitrogens is 2. The lowest BCUT2D eigenvalue weighted by molar-refractivity contribution is 0.504. The van der Waals surface area contributed by atoms with Crippen LogP contribution in [0, 0.1) is 13.8 Å². The molecule has 102 valence electrons. The number of aryl methyl sites for hydroxylation is 4. The van der Waals surface area contributed by atoms with Crippen molar-refractivity contribution in [2.75, 3.05) is 0 Å². The van der Waals surface area contributed by atoms with Gasteiger partial charge in [0.2, 0.25) is 0 Å². The van der Waals surface area contributed by atoms with Crippen LogP contribution in [0.3, 0.4) is 0 Å². The van der Waals surface area contributed by atoms with Crippen LogP contribution in [0.5, 0.6) is 0 Å². The molecule has 0 fully saturated rings. The van der Waals surface area contributed by atoms with Gasteiger partial charge in [0, 0.05) is 31.9 Å². The lowest BCUT2D eigenvalue weighted by atomic mass is 9.96. The molecular weight excluding hydrogens is 236 g/mol. The normalized spacial score (nSPS) is 12.6. The number of benzene rings is 1. The SMILES string of the molecule is Cc1ccc(C)c(C(CCc2nccn2C)NN)c1. The molecule has 0 aliphatic heterocycles. The first-order valence-corrected chi connectivity index (χ1v) is 6.61. The van der Waals surface area contributed by atoms with Crippen molar-refractivity contribution in [2.24, 2.45) is 12.9 Å². The first kappa shape index (κ1) is 13.8. The molecule has 1 atom stereocenters. The van der Waals surface area contributed by atoms with Crippen LogP contribution in [0.25, 0.3) is 0 Å². The Labute approximate surface area is 114 Å². The lowest BCUT2D eigenvalue weighted by Gasteiger charge is -2.19. The summed E-state index contributed by atoms with van der Waals surface area (Å²) in [6.45, 7) is 4.23. The zero-order valence-corrected chi connectivity index (χ0v) is 11.9. The highest BCUT2D eigenvalue weighted by Crippen LogP contribution is 2.22. The molecule has 2 aromatic rings. The number of imidazole rings is 1. The van der Waals surface area contributed by atoms with Crippen molar-refractivity contribution in [2.45, 2.75) is 32.7 Å². The van der Waals surface area contributed by atoms with E-state index in [9.17, 15) is 0 Å². The zero-order chi connectivity index (χ0) is 13.8. The Morgan fingerprint density at radius 3 is 2.79 bits per heavy atom. The maximum atomic E-state index is 5.72. The maximum Gasteiger partial charge on any atom is 0.108 e. The molecule has 1 aromatic heterocycles. The number of nitrogens with two attached hydrogens (primary N) is 1. The predicted octanol–water partition coefficient (Wildman–Crippen LogP) is 2.17. The van der Waals surface area contributed by atoms with Crippen molar-refractivity contribution in [3.8, 4) is 0 Å². The molecule has 0 saturated heterocycles. The van der Waals surface area contributed by atoms with Gasteiger partial charge in [0.1, 0.15) is 5.82 Å². The summed E-state index contributed by atoms with van der Waals surface area (Å²) in [5, 5.41) is 0. The summed E-state index contributed by atoms with van der Waals surface area (Å²) in [6, 6.07) is 6.65. The fraction of sp³-hybridized carbons (Fsp3) is 0.400. The Balaban J connectivity index is 2.12. The van der Waals surface area contributed by atoms with Crippen molar-refractivity contribution in [1.82, 2.24) is 15.0 Å². The molecule has 0 saturated carbocycles. The summed E-state index contributed by atoms with van der Waals surface area (Å²) >= 11 is 0. The maximum absolute atomic E-state index is 5.72. The van der Waals surface area contributed by atoms with E-state index in [1.807, 2.05) is 19.4 Å². The molecule has 0 amide bonds. The van der Waals surface area contributed by atoms with E-state index in [2.05, 4.69) is 47.0 Å². The van der Waals surface area contributed by atoms with Gasteiger partial charge >= 0.3 is 0 Å². The molecule has 0 radical (unpaired) electrons. The Hall–Kier alpha value is -1.65. The Kier molecular flexibility index (Phi) is 4.35. The van der Waals surface area contributed by atoms with Crippen LogP contribution in [0.15, 0.2) is 30.6 Å². The quantitative estimate of drug-likeness (QED) is 0.638. The Morgan fingerprint density at radius 2 is 2.16 bits per heavy atom. The number of nitrogens with zero attached hydrogens (tertiary/aromatic N) is 2. The molecule has 1 unspecified atom stereocenters. The van der Waals surface area contributed by atoms with Crippen molar-refractivity contribution in [3.05, 3.63) is 53.1 Å². The third-order valence-corrected chi connectivity index (χ3v) is 3.59. The number of rotatable bonds is 5. The van der Waals surface area contributed by atoms with Crippen LogP contribution in [-0.2, 0) is 13.5 Å². The van der Waals surface area contributed by atoms with E-state index in [0.29, 0.717) is 0 Å². The largest absolute Gasteiger partial charge is 0.338 e. The van der Waals surface area contributed by atoms with Gasteiger partial charge in [0.25, 0.3) is 0 Å². The standard InChI is InChI=1S/C15H22N4/c1-11-4-5-12(2)13(10-11)14(18-16)6-7-15-17-8-9-19(15)3/h4-5,8-10,14,18H,6-7,16H2,1-3H3. The molecular formula is C15H22N4. The molecule has 1 aromatic carbocycles. The smallest absolute Gasteiger partial charge is 0.108 e. The topological polar surface area (TPSA) is 55.9 Å². The average molecular weight is 258 g/mol. The van der Waals surface area contributed by atoms with Gasteiger partial charge in [0.05, 0.1) is 0 Å². The van der Waals surface area contributed by atoms with E-state index in [1.54, 1.807) is 0 Å². The molecule has 19 heavy (non-hydrogen) atoms. The second kappa shape index (κ2) is 5.99. The van der Waals surface area contributed by atoms with E-state index in [1.165, 1.54) is 16.7 Å². The highest BCUT2D eigenvalue weighted by Gasteiger charge is 2.13. The second-order valence-electron chi connectivity index (χ2n) is 5.07. The summed E-state index contributed by atoms with van der Waals surface area (Å²) in [5.74, 6) is 6.81. The van der Waals surface area contributed by atoms with Crippen LogP contribution in [-0.4, -0.2) is 9.55 Å². The van der Waals surface area contributed by atoms with Gasteiger partial charge in [-0.25, -0.2) is 4.98 Å². The third kappa shape index (κ3) is 3.22. The van der Waals surface area contributed by atoms with Crippen molar-refractivity contribution < 1.29 is 0 Å². The Bertz CT molecular complexity index is 545. The van der Waals surface area contributed by atoms with Crippen LogP contribution >= 0.6 is 0 Å². The number of hydrazine groups is 1. The molecule has 0 aliphatic rings. The summed E-state index contributed by atoms with van der Waals surface area (Å²) in [4.78, 5) is 4.35. The first-order chi connectivity index (χ1) is 9.11. The van der Waals surface area contributed by atoms with Crippen molar-refractivity contribution >= 4 is 0 Å². The second-order valence-corrected chi connectivity index (χ2v) is 5.07. The highest BCUT2D eigenvalue weighted by molar-refractivity contribution is 5.33. The summed E-state index contributed by atoms with van der Waals surface area (Å²) in [7, 11) is 2.02. The molecule has 0 aliphatic carbocycles. The van der Waals surface area contributed by atoms with Crippen molar-refractivity contribution in [1.29, 1.82) is 0 Å². The molecule has 4 nitrogen and oxygen atoms in total. The summed E-state index contributed by atoms with van der Waals surface area (Å²) in [6.07, 6.45) is 5.65. The minimum absolute atomic E-state index is 0.164. The molecule has 2 rings (SSSR count). The average Bonchev–Trinajstić information content (AvgIpc) is 2.80. The van der Waals surface area contributed by atoms with Crippen LogP contribution < -0.4 is 11.3 Å². The molecule has 0 bridgehead atoms. The number of nitrogens with one attached hydrogen (secondary N) is 1. The fourth-order valence-electron chi connectivity index (χ4n) is 2.37. The van der Waals surface area contributed by atoms with Gasteiger partial charge < -0.3 is 4.57 Å². The van der Waals surface area contributed by atoms with Gasteiger partial charge in [-0.1, -0.05) is 23.8 Å². The lowest BCUT2D eigenvalue weighted by Crippen LogP contribution is -2.29. The van der Waals surface area contributed by atoms with Crippen LogP contribution in [0.2, 0.25) is 0 Å². The van der Waals surface area contributed by atoms with Gasteiger partial charge in [-0.05, 0) is 31.4 Å². The monoisotopic (exact) mass is 258 g/mol. The third-order valence-electron chi connectivity index (χ3n) is 3.59. The molecule has 4 heteroatoms. The van der Waals surface area contributed by atoms with Crippen LogP contribution in [0.4, 0.5) is 0 Å². The number of hydrogen-bond acceptors (Lipinski definition) is 3. The molecule has 0 spiro atoms. The van der Waals surface area contributed by atoms with Crippen molar-refractivity contribution in [3.63, 3.8) is 0 Å². The van der Waals surface area contributed by atoms with E-state index in [0.717, 1.165) is 18.7 Å². The van der Waals surface area contributed by atoms with E-state index in [4.69, 9.17) is 5.84 Å². The Morgan fingerprint density at radius 1 is 1.37 bits per heavy atom.